The number of alkyl halides is 3. The summed E-state index contributed by atoms with van der Waals surface area (Å²) in [6.07, 6.45) is -3.20. The summed E-state index contributed by atoms with van der Waals surface area (Å²) in [5, 5.41) is 4.17. The summed E-state index contributed by atoms with van der Waals surface area (Å²) < 4.78 is 38.5. The number of nitrogens with zero attached hydrogens (tertiary/aromatic N) is 1. The molecule has 3 nitrogen and oxygen atoms in total. The van der Waals surface area contributed by atoms with Crippen molar-refractivity contribution in [2.24, 2.45) is 16.4 Å². The molecule has 1 saturated carbocycles. The topological polar surface area (TPSA) is 41.5 Å². The molecular weight excluding hydrogens is 293 g/mol. The lowest BCUT2D eigenvalue weighted by Gasteiger charge is -2.36. The number of hydrogen-bond acceptors (Lipinski definition) is 3. The lowest BCUT2D eigenvalue weighted by molar-refractivity contribution is -0.137. The van der Waals surface area contributed by atoms with Gasteiger partial charge in [-0.1, -0.05) is 26.0 Å². The minimum absolute atomic E-state index is 0.0439. The monoisotopic (exact) mass is 310 g/mol. The van der Waals surface area contributed by atoms with Crippen molar-refractivity contribution in [2.45, 2.75) is 38.9 Å². The number of rotatable bonds is 1. The smallest absolute Gasteiger partial charge is 0.306 e. The van der Waals surface area contributed by atoms with E-state index in [4.69, 9.17) is 0 Å². The van der Waals surface area contributed by atoms with Gasteiger partial charge in [-0.15, -0.1) is 0 Å². The van der Waals surface area contributed by atoms with Crippen LogP contribution >= 0.6 is 0 Å². The quantitative estimate of drug-likeness (QED) is 0.864. The molecule has 1 aromatic carbocycles. The van der Waals surface area contributed by atoms with Crippen LogP contribution in [0.4, 0.5) is 13.2 Å². The maximum Gasteiger partial charge on any atom is 0.416 e. The molecule has 1 heterocycles. The summed E-state index contributed by atoms with van der Waals surface area (Å²) in [5.74, 6) is -0.404. The number of benzene rings is 1. The molecule has 22 heavy (non-hydrogen) atoms. The van der Waals surface area contributed by atoms with Crippen LogP contribution in [0.25, 0.3) is 0 Å². The lowest BCUT2D eigenvalue weighted by atomic mass is 9.68. The molecule has 0 unspecified atom stereocenters. The van der Waals surface area contributed by atoms with E-state index in [2.05, 4.69) is 10.5 Å². The Morgan fingerprint density at radius 3 is 2.73 bits per heavy atom. The molecule has 0 radical (unpaired) electrons. The van der Waals surface area contributed by atoms with Crippen LogP contribution in [0.5, 0.6) is 0 Å². The normalized spacial score (nSPS) is 27.1. The Bertz CT molecular complexity index is 649. The SMILES string of the molecule is CC1(C)CC(=O)[C@H]2C(c3cccc(C(F)(F)F)c3)=NN[C@H]2C1. The van der Waals surface area contributed by atoms with E-state index in [-0.39, 0.29) is 17.2 Å². The summed E-state index contributed by atoms with van der Waals surface area (Å²) >= 11 is 0. The van der Waals surface area contributed by atoms with E-state index in [1.807, 2.05) is 13.8 Å². The minimum atomic E-state index is -4.40. The van der Waals surface area contributed by atoms with E-state index in [0.717, 1.165) is 18.6 Å². The molecule has 0 saturated heterocycles. The van der Waals surface area contributed by atoms with Crippen molar-refractivity contribution < 1.29 is 18.0 Å². The average Bonchev–Trinajstić information content (AvgIpc) is 2.80. The zero-order valence-corrected chi connectivity index (χ0v) is 12.4. The summed E-state index contributed by atoms with van der Waals surface area (Å²) in [6, 6.07) is 4.89. The molecule has 0 bridgehead atoms. The number of ketones is 1. The Kier molecular flexibility index (Phi) is 3.30. The number of carbonyl (C=O) groups is 1. The molecule has 1 fully saturated rings. The van der Waals surface area contributed by atoms with Crippen LogP contribution in [0, 0.1) is 11.3 Å². The zero-order valence-electron chi connectivity index (χ0n) is 12.4. The van der Waals surface area contributed by atoms with Crippen LogP contribution in [0.15, 0.2) is 29.4 Å². The van der Waals surface area contributed by atoms with Crippen LogP contribution in [0.3, 0.4) is 0 Å². The number of fused-ring (bicyclic) bond motifs is 1. The number of hydrazone groups is 1. The third kappa shape index (κ3) is 2.62. The molecule has 2 aliphatic rings. The molecule has 2 atom stereocenters. The number of nitrogens with one attached hydrogen (secondary N) is 1. The molecular formula is C16H17F3N2O. The van der Waals surface area contributed by atoms with E-state index in [1.165, 1.54) is 6.07 Å². The second-order valence-corrected chi connectivity index (χ2v) is 6.80. The van der Waals surface area contributed by atoms with Gasteiger partial charge in [-0.25, -0.2) is 0 Å². The minimum Gasteiger partial charge on any atom is -0.306 e. The van der Waals surface area contributed by atoms with Gasteiger partial charge in [0.1, 0.15) is 5.78 Å². The van der Waals surface area contributed by atoms with Crippen molar-refractivity contribution in [2.75, 3.05) is 0 Å². The summed E-state index contributed by atoms with van der Waals surface area (Å²) in [7, 11) is 0. The van der Waals surface area contributed by atoms with Gasteiger partial charge in [0.05, 0.1) is 23.2 Å². The Balaban J connectivity index is 1.93. The van der Waals surface area contributed by atoms with Gasteiger partial charge in [0, 0.05) is 6.42 Å². The van der Waals surface area contributed by atoms with Crippen molar-refractivity contribution >= 4 is 11.5 Å². The first kappa shape index (κ1) is 15.1. The molecule has 1 aliphatic carbocycles. The standard InChI is InChI=1S/C16H17F3N2O/c1-15(2)7-11-13(12(22)8-15)14(21-20-11)9-4-3-5-10(6-9)16(17,18)19/h3-6,11,13,20H,7-8H2,1-2H3/t11-,13-/m0/s1. The first-order valence-electron chi connectivity index (χ1n) is 7.21. The molecule has 0 aromatic heterocycles. The number of hydrogen-bond donors (Lipinski definition) is 1. The first-order chi connectivity index (χ1) is 10.2. The largest absolute Gasteiger partial charge is 0.416 e. The fourth-order valence-electron chi connectivity index (χ4n) is 3.38. The third-order valence-electron chi connectivity index (χ3n) is 4.31. The number of halogens is 3. The maximum absolute atomic E-state index is 12.8. The van der Waals surface area contributed by atoms with Crippen LogP contribution < -0.4 is 5.43 Å². The zero-order chi connectivity index (χ0) is 16.1. The highest BCUT2D eigenvalue weighted by Gasteiger charge is 2.46. The van der Waals surface area contributed by atoms with E-state index in [9.17, 15) is 18.0 Å². The Hall–Kier alpha value is -1.85. The van der Waals surface area contributed by atoms with E-state index in [1.54, 1.807) is 6.07 Å². The fraction of sp³-hybridized carbons (Fsp3) is 0.500. The van der Waals surface area contributed by atoms with Gasteiger partial charge in [0.25, 0.3) is 0 Å². The van der Waals surface area contributed by atoms with E-state index >= 15 is 0 Å². The van der Waals surface area contributed by atoms with Crippen LogP contribution in [0.2, 0.25) is 0 Å². The van der Waals surface area contributed by atoms with Gasteiger partial charge >= 0.3 is 6.18 Å². The van der Waals surface area contributed by atoms with Crippen molar-refractivity contribution in [3.63, 3.8) is 0 Å². The molecule has 118 valence electrons. The van der Waals surface area contributed by atoms with Crippen molar-refractivity contribution in [1.29, 1.82) is 0 Å². The van der Waals surface area contributed by atoms with Crippen LogP contribution in [-0.4, -0.2) is 17.5 Å². The summed E-state index contributed by atoms with van der Waals surface area (Å²) in [5.41, 5.74) is 2.90. The first-order valence-corrected chi connectivity index (χ1v) is 7.21. The highest BCUT2D eigenvalue weighted by atomic mass is 19.4. The second kappa shape index (κ2) is 4.83. The Morgan fingerprint density at radius 1 is 1.32 bits per heavy atom. The molecule has 3 rings (SSSR count). The fourth-order valence-corrected chi connectivity index (χ4v) is 3.38. The maximum atomic E-state index is 12.8. The third-order valence-corrected chi connectivity index (χ3v) is 4.31. The predicted octanol–water partition coefficient (Wildman–Crippen LogP) is 3.39. The van der Waals surface area contributed by atoms with Gasteiger partial charge in [-0.3, -0.25) is 4.79 Å². The molecule has 1 N–H and O–H groups in total. The van der Waals surface area contributed by atoms with Gasteiger partial charge < -0.3 is 5.43 Å². The van der Waals surface area contributed by atoms with Crippen LogP contribution in [0.1, 0.15) is 37.8 Å². The molecule has 1 aliphatic heterocycles. The molecule has 1 aromatic rings. The number of Topliss-reactive ketones (excluding diaryl/α,β-unsaturated/α-hetero) is 1. The summed E-state index contributed by atoms with van der Waals surface area (Å²) in [6.45, 7) is 4.04. The molecule has 6 heteroatoms. The molecule has 0 amide bonds. The highest BCUT2D eigenvalue weighted by Crippen LogP contribution is 2.40. The highest BCUT2D eigenvalue weighted by molar-refractivity contribution is 6.15. The van der Waals surface area contributed by atoms with E-state index in [0.29, 0.717) is 17.7 Å². The van der Waals surface area contributed by atoms with Crippen LogP contribution in [-0.2, 0) is 11.0 Å². The Labute approximate surface area is 126 Å². The lowest BCUT2D eigenvalue weighted by Crippen LogP contribution is -2.45. The van der Waals surface area contributed by atoms with Gasteiger partial charge in [0.15, 0.2) is 0 Å². The average molecular weight is 310 g/mol. The second-order valence-electron chi connectivity index (χ2n) is 6.80. The van der Waals surface area contributed by atoms with E-state index < -0.39 is 17.7 Å². The van der Waals surface area contributed by atoms with Crippen molar-refractivity contribution in [3.05, 3.63) is 35.4 Å². The molecule has 0 spiro atoms. The van der Waals surface area contributed by atoms with Crippen molar-refractivity contribution in [3.8, 4) is 0 Å². The summed E-state index contributed by atoms with van der Waals surface area (Å²) in [4.78, 5) is 12.4. The van der Waals surface area contributed by atoms with Gasteiger partial charge in [-0.2, -0.15) is 18.3 Å². The Morgan fingerprint density at radius 2 is 2.05 bits per heavy atom. The predicted molar refractivity (Wildman–Crippen MR) is 76.4 cm³/mol. The van der Waals surface area contributed by atoms with Crippen molar-refractivity contribution in [1.82, 2.24) is 5.43 Å². The number of carbonyl (C=O) groups excluding carboxylic acids is 1. The van der Waals surface area contributed by atoms with Gasteiger partial charge in [-0.05, 0) is 29.5 Å². The van der Waals surface area contributed by atoms with Gasteiger partial charge in [0.2, 0.25) is 0 Å².